The highest BCUT2D eigenvalue weighted by Gasteiger charge is 2.23. The minimum absolute atomic E-state index is 0.362. The van der Waals surface area contributed by atoms with Crippen LogP contribution in [0.25, 0.3) is 0 Å². The summed E-state index contributed by atoms with van der Waals surface area (Å²) in [7, 11) is 1.83. The maximum Gasteiger partial charge on any atom is 0.191 e. The van der Waals surface area contributed by atoms with Gasteiger partial charge in [0.15, 0.2) is 5.96 Å². The Morgan fingerprint density at radius 3 is 2.58 bits per heavy atom. The summed E-state index contributed by atoms with van der Waals surface area (Å²) in [4.78, 5) is 11.1. The van der Waals surface area contributed by atoms with E-state index in [-0.39, 0.29) is 0 Å². The van der Waals surface area contributed by atoms with Crippen LogP contribution in [-0.4, -0.2) is 47.1 Å². The van der Waals surface area contributed by atoms with Gasteiger partial charge in [-0.05, 0) is 42.6 Å². The Labute approximate surface area is 185 Å². The molecule has 1 fully saturated rings. The number of hydrogen-bond donors (Lipinski definition) is 2. The van der Waals surface area contributed by atoms with E-state index in [1.165, 1.54) is 29.5 Å². The van der Waals surface area contributed by atoms with E-state index in [4.69, 9.17) is 0 Å². The summed E-state index contributed by atoms with van der Waals surface area (Å²) in [5.41, 5.74) is 3.86. The first-order valence-electron chi connectivity index (χ1n) is 11.1. The van der Waals surface area contributed by atoms with Crippen molar-refractivity contribution < 1.29 is 0 Å². The number of aliphatic imine (C=N–C) groups is 1. The third kappa shape index (κ3) is 5.95. The number of aromatic nitrogens is 2. The van der Waals surface area contributed by atoms with E-state index < -0.39 is 0 Å². The van der Waals surface area contributed by atoms with Gasteiger partial charge in [-0.25, -0.2) is 4.98 Å². The molecule has 0 spiro atoms. The second-order valence-electron chi connectivity index (χ2n) is 8.03. The second kappa shape index (κ2) is 10.8. The first kappa shape index (κ1) is 21.1. The van der Waals surface area contributed by atoms with Gasteiger partial charge in [-0.1, -0.05) is 54.6 Å². The lowest BCUT2D eigenvalue weighted by molar-refractivity contribution is 0.245. The van der Waals surface area contributed by atoms with E-state index in [0.717, 1.165) is 38.7 Å². The largest absolute Gasteiger partial charge is 0.354 e. The van der Waals surface area contributed by atoms with Crippen LogP contribution in [0.15, 0.2) is 78.3 Å². The molecule has 1 unspecified atom stereocenters. The van der Waals surface area contributed by atoms with Crippen molar-refractivity contribution in [2.45, 2.75) is 32.0 Å². The number of nitrogens with zero attached hydrogens (tertiary/aromatic N) is 4. The number of likely N-dealkylation sites (tertiary alicyclic amines) is 1. The minimum Gasteiger partial charge on any atom is -0.354 e. The summed E-state index contributed by atoms with van der Waals surface area (Å²) in [5, 5.41) is 7.02. The maximum absolute atomic E-state index is 4.44. The van der Waals surface area contributed by atoms with Gasteiger partial charge in [-0.3, -0.25) is 9.89 Å². The number of hydrogen-bond acceptors (Lipinski definition) is 3. The molecule has 3 aromatic rings. The SMILES string of the molecule is CN=C(NCc1cccc(Cn2ccnc2)c1)NCC(c1ccccc1)N1CCCC1. The molecule has 0 bridgehead atoms. The molecule has 0 amide bonds. The molecule has 1 aliphatic rings. The fraction of sp³-hybridized carbons (Fsp3) is 0.360. The molecule has 162 valence electrons. The highest BCUT2D eigenvalue weighted by molar-refractivity contribution is 5.79. The van der Waals surface area contributed by atoms with Crippen LogP contribution in [0.2, 0.25) is 0 Å². The van der Waals surface area contributed by atoms with Crippen LogP contribution in [0.3, 0.4) is 0 Å². The number of rotatable bonds is 8. The number of imidazole rings is 1. The predicted molar refractivity (Wildman–Crippen MR) is 126 cm³/mol. The van der Waals surface area contributed by atoms with E-state index in [1.807, 2.05) is 25.8 Å². The third-order valence-corrected chi connectivity index (χ3v) is 5.83. The Kier molecular flexibility index (Phi) is 7.34. The molecule has 31 heavy (non-hydrogen) atoms. The average molecular weight is 417 g/mol. The number of nitrogens with one attached hydrogen (secondary N) is 2. The second-order valence-corrected chi connectivity index (χ2v) is 8.03. The van der Waals surface area contributed by atoms with Crippen molar-refractivity contribution >= 4 is 5.96 Å². The Hall–Kier alpha value is -3.12. The van der Waals surface area contributed by atoms with Crippen LogP contribution in [0.4, 0.5) is 0 Å². The Bertz CT molecular complexity index is 945. The summed E-state index contributed by atoms with van der Waals surface area (Å²) in [6.07, 6.45) is 8.21. The molecular weight excluding hydrogens is 384 g/mol. The molecule has 4 rings (SSSR count). The van der Waals surface area contributed by atoms with E-state index in [9.17, 15) is 0 Å². The van der Waals surface area contributed by atoms with Crippen LogP contribution in [0.5, 0.6) is 0 Å². The quantitative estimate of drug-likeness (QED) is 0.436. The Morgan fingerprint density at radius 2 is 1.84 bits per heavy atom. The van der Waals surface area contributed by atoms with Crippen molar-refractivity contribution in [3.8, 4) is 0 Å². The van der Waals surface area contributed by atoms with Crippen LogP contribution in [0.1, 0.15) is 35.6 Å². The first-order valence-corrected chi connectivity index (χ1v) is 11.1. The normalized spacial score (nSPS) is 15.7. The van der Waals surface area contributed by atoms with Crippen molar-refractivity contribution in [3.63, 3.8) is 0 Å². The van der Waals surface area contributed by atoms with Crippen molar-refractivity contribution in [2.24, 2.45) is 4.99 Å². The minimum atomic E-state index is 0.362. The number of benzene rings is 2. The molecule has 0 aliphatic carbocycles. The van der Waals surface area contributed by atoms with E-state index in [0.29, 0.717) is 6.04 Å². The zero-order valence-electron chi connectivity index (χ0n) is 18.2. The standard InChI is InChI=1S/C25H32N6/c1-26-25(28-17-21-8-7-9-22(16-21)19-30-15-12-27-20-30)29-18-24(31-13-5-6-14-31)23-10-3-2-4-11-23/h2-4,7-12,15-16,20,24H,5-6,13-14,17-19H2,1H3,(H2,26,28,29). The third-order valence-electron chi connectivity index (χ3n) is 5.83. The number of guanidine groups is 1. The molecule has 1 aliphatic heterocycles. The van der Waals surface area contributed by atoms with Gasteiger partial charge in [0.05, 0.1) is 12.4 Å². The fourth-order valence-corrected chi connectivity index (χ4v) is 4.22. The molecule has 1 aromatic heterocycles. The van der Waals surface area contributed by atoms with Crippen molar-refractivity contribution in [2.75, 3.05) is 26.7 Å². The van der Waals surface area contributed by atoms with Gasteiger partial charge in [0, 0.05) is 39.1 Å². The molecule has 2 N–H and O–H groups in total. The summed E-state index contributed by atoms with van der Waals surface area (Å²) < 4.78 is 2.08. The van der Waals surface area contributed by atoms with Gasteiger partial charge in [0.2, 0.25) is 0 Å². The van der Waals surface area contributed by atoms with Gasteiger partial charge >= 0.3 is 0 Å². The van der Waals surface area contributed by atoms with Crippen molar-refractivity contribution in [1.29, 1.82) is 0 Å². The summed E-state index contributed by atoms with van der Waals surface area (Å²) in [6.45, 7) is 4.73. The van der Waals surface area contributed by atoms with E-state index in [1.54, 1.807) is 0 Å². The van der Waals surface area contributed by atoms with Crippen LogP contribution >= 0.6 is 0 Å². The molecule has 1 atom stereocenters. The topological polar surface area (TPSA) is 57.5 Å². The maximum atomic E-state index is 4.44. The molecule has 2 aromatic carbocycles. The summed E-state index contributed by atoms with van der Waals surface area (Å²) in [6, 6.07) is 19.8. The van der Waals surface area contributed by atoms with Gasteiger partial charge in [-0.15, -0.1) is 0 Å². The zero-order chi connectivity index (χ0) is 21.3. The predicted octanol–water partition coefficient (Wildman–Crippen LogP) is 3.43. The molecule has 6 nitrogen and oxygen atoms in total. The lowest BCUT2D eigenvalue weighted by Crippen LogP contribution is -2.42. The van der Waals surface area contributed by atoms with Crippen molar-refractivity contribution in [3.05, 3.63) is 90.0 Å². The molecule has 0 radical (unpaired) electrons. The molecular formula is C25H32N6. The lowest BCUT2D eigenvalue weighted by atomic mass is 10.1. The Balaban J connectivity index is 1.34. The monoisotopic (exact) mass is 416 g/mol. The Morgan fingerprint density at radius 1 is 1.03 bits per heavy atom. The smallest absolute Gasteiger partial charge is 0.191 e. The molecule has 0 saturated carbocycles. The van der Waals surface area contributed by atoms with Crippen LogP contribution in [-0.2, 0) is 13.1 Å². The summed E-state index contributed by atoms with van der Waals surface area (Å²) >= 11 is 0. The molecule has 2 heterocycles. The van der Waals surface area contributed by atoms with Crippen LogP contribution < -0.4 is 10.6 Å². The molecule has 6 heteroatoms. The van der Waals surface area contributed by atoms with Crippen molar-refractivity contribution in [1.82, 2.24) is 25.1 Å². The van der Waals surface area contributed by atoms with Gasteiger partial charge in [-0.2, -0.15) is 0 Å². The van der Waals surface area contributed by atoms with E-state index >= 15 is 0 Å². The van der Waals surface area contributed by atoms with Crippen LogP contribution in [0, 0.1) is 0 Å². The zero-order valence-corrected chi connectivity index (χ0v) is 18.2. The van der Waals surface area contributed by atoms with Gasteiger partial charge in [0.1, 0.15) is 0 Å². The van der Waals surface area contributed by atoms with Gasteiger partial charge < -0.3 is 15.2 Å². The lowest BCUT2D eigenvalue weighted by Gasteiger charge is -2.29. The highest BCUT2D eigenvalue weighted by atomic mass is 15.2. The van der Waals surface area contributed by atoms with E-state index in [2.05, 4.69) is 84.7 Å². The van der Waals surface area contributed by atoms with Gasteiger partial charge in [0.25, 0.3) is 0 Å². The first-order chi connectivity index (χ1) is 15.3. The molecule has 1 saturated heterocycles. The average Bonchev–Trinajstić information content (AvgIpc) is 3.52. The summed E-state index contributed by atoms with van der Waals surface area (Å²) in [5.74, 6) is 0.833. The highest BCUT2D eigenvalue weighted by Crippen LogP contribution is 2.24. The fourth-order valence-electron chi connectivity index (χ4n) is 4.22.